The van der Waals surface area contributed by atoms with E-state index in [9.17, 15) is 0 Å². The van der Waals surface area contributed by atoms with Crippen LogP contribution < -0.4 is 5.32 Å². The van der Waals surface area contributed by atoms with Gasteiger partial charge in [0.05, 0.1) is 0 Å². The zero-order chi connectivity index (χ0) is 13.7. The molecule has 1 aliphatic carbocycles. The zero-order valence-corrected chi connectivity index (χ0v) is 12.8. The van der Waals surface area contributed by atoms with Crippen molar-refractivity contribution >= 4 is 11.6 Å². The molecule has 1 aliphatic rings. The van der Waals surface area contributed by atoms with Crippen molar-refractivity contribution < 1.29 is 0 Å². The van der Waals surface area contributed by atoms with E-state index in [0.29, 0.717) is 6.04 Å². The molecule has 1 fully saturated rings. The predicted molar refractivity (Wildman–Crippen MR) is 82.8 cm³/mol. The molecule has 2 rings (SSSR count). The zero-order valence-electron chi connectivity index (χ0n) is 12.0. The van der Waals surface area contributed by atoms with Crippen molar-refractivity contribution in [3.05, 3.63) is 34.9 Å². The minimum atomic E-state index is 0.413. The Morgan fingerprint density at radius 3 is 2.74 bits per heavy atom. The van der Waals surface area contributed by atoms with E-state index in [2.05, 4.69) is 36.2 Å². The summed E-state index contributed by atoms with van der Waals surface area (Å²) in [5.41, 5.74) is 1.31. The fourth-order valence-corrected chi connectivity index (χ4v) is 2.89. The molecule has 1 aromatic rings. The molecule has 1 saturated carbocycles. The highest BCUT2D eigenvalue weighted by atomic mass is 35.5. The van der Waals surface area contributed by atoms with Gasteiger partial charge in [-0.05, 0) is 50.0 Å². The van der Waals surface area contributed by atoms with Crippen molar-refractivity contribution in [1.29, 1.82) is 0 Å². The molecule has 1 aromatic carbocycles. The predicted octanol–water partition coefficient (Wildman–Crippen LogP) is 3.87. The average molecular weight is 281 g/mol. The van der Waals surface area contributed by atoms with Gasteiger partial charge in [-0.1, -0.05) is 37.6 Å². The highest BCUT2D eigenvalue weighted by molar-refractivity contribution is 6.30. The van der Waals surface area contributed by atoms with Gasteiger partial charge in [0.15, 0.2) is 0 Å². The summed E-state index contributed by atoms with van der Waals surface area (Å²) in [5.74, 6) is 0. The molecular formula is C16H25ClN2. The lowest BCUT2D eigenvalue weighted by Gasteiger charge is -2.24. The number of hydrogen-bond donors (Lipinski definition) is 1. The summed E-state index contributed by atoms with van der Waals surface area (Å²) in [6, 6.07) is 9.51. The molecule has 1 N–H and O–H groups in total. The van der Waals surface area contributed by atoms with Crippen LogP contribution in [0.2, 0.25) is 5.02 Å². The first kappa shape index (κ1) is 14.8. The number of nitrogens with one attached hydrogen (secondary N) is 1. The van der Waals surface area contributed by atoms with Crippen LogP contribution in [-0.2, 0) is 0 Å². The molecule has 2 nitrogen and oxygen atoms in total. The Kier molecular flexibility index (Phi) is 5.68. The number of halogens is 1. The minimum absolute atomic E-state index is 0.413. The summed E-state index contributed by atoms with van der Waals surface area (Å²) in [4.78, 5) is 2.61. The smallest absolute Gasteiger partial charge is 0.0409 e. The van der Waals surface area contributed by atoms with E-state index >= 15 is 0 Å². The lowest BCUT2D eigenvalue weighted by Crippen LogP contribution is -2.31. The number of rotatable bonds is 8. The van der Waals surface area contributed by atoms with E-state index in [1.807, 2.05) is 12.1 Å². The topological polar surface area (TPSA) is 15.3 Å². The third-order valence-corrected chi connectivity index (χ3v) is 4.11. The third kappa shape index (κ3) is 4.48. The minimum Gasteiger partial charge on any atom is -0.310 e. The van der Waals surface area contributed by atoms with Gasteiger partial charge in [-0.3, -0.25) is 0 Å². The molecular weight excluding hydrogens is 256 g/mol. The molecule has 106 valence electrons. The van der Waals surface area contributed by atoms with E-state index in [-0.39, 0.29) is 0 Å². The standard InChI is InChI=1S/C16H25ClN2/c1-3-18-16(13-6-5-7-14(17)12-13)10-11-19(4-2)15-8-9-15/h5-7,12,15-16,18H,3-4,8-11H2,1-2H3. The van der Waals surface area contributed by atoms with E-state index in [4.69, 9.17) is 11.6 Å². The molecule has 0 heterocycles. The molecule has 0 bridgehead atoms. The van der Waals surface area contributed by atoms with Crippen LogP contribution in [0.4, 0.5) is 0 Å². The Morgan fingerprint density at radius 1 is 1.37 bits per heavy atom. The molecule has 0 spiro atoms. The number of hydrogen-bond acceptors (Lipinski definition) is 2. The third-order valence-electron chi connectivity index (χ3n) is 3.88. The van der Waals surface area contributed by atoms with Gasteiger partial charge in [0, 0.05) is 23.7 Å². The molecule has 19 heavy (non-hydrogen) atoms. The maximum Gasteiger partial charge on any atom is 0.0409 e. The maximum absolute atomic E-state index is 6.10. The normalized spacial score (nSPS) is 16.8. The molecule has 0 radical (unpaired) electrons. The van der Waals surface area contributed by atoms with Crippen LogP contribution in [0.25, 0.3) is 0 Å². The quantitative estimate of drug-likeness (QED) is 0.778. The fraction of sp³-hybridized carbons (Fsp3) is 0.625. The largest absolute Gasteiger partial charge is 0.310 e. The van der Waals surface area contributed by atoms with Gasteiger partial charge < -0.3 is 10.2 Å². The first-order valence-corrected chi connectivity index (χ1v) is 7.85. The van der Waals surface area contributed by atoms with E-state index in [1.165, 1.54) is 31.5 Å². The van der Waals surface area contributed by atoms with Crippen molar-refractivity contribution in [2.45, 2.75) is 45.2 Å². The lowest BCUT2D eigenvalue weighted by molar-refractivity contribution is 0.260. The molecule has 1 unspecified atom stereocenters. The van der Waals surface area contributed by atoms with Crippen LogP contribution in [0.5, 0.6) is 0 Å². The van der Waals surface area contributed by atoms with E-state index < -0.39 is 0 Å². The summed E-state index contributed by atoms with van der Waals surface area (Å²) < 4.78 is 0. The van der Waals surface area contributed by atoms with Crippen LogP contribution in [-0.4, -0.2) is 30.6 Å². The molecule has 0 amide bonds. The Bertz CT molecular complexity index is 390. The summed E-state index contributed by atoms with van der Waals surface area (Å²) >= 11 is 6.10. The summed E-state index contributed by atoms with van der Waals surface area (Å²) in [6.45, 7) is 7.76. The molecule has 1 atom stereocenters. The van der Waals surface area contributed by atoms with Crippen LogP contribution in [0.3, 0.4) is 0 Å². The molecule has 0 aromatic heterocycles. The number of benzene rings is 1. The average Bonchev–Trinajstić information content (AvgIpc) is 3.23. The second kappa shape index (κ2) is 7.28. The second-order valence-corrected chi connectivity index (χ2v) is 5.75. The Hall–Kier alpha value is -0.570. The Labute approximate surface area is 122 Å². The first-order valence-electron chi connectivity index (χ1n) is 7.47. The SMILES string of the molecule is CCNC(CCN(CC)C1CC1)c1cccc(Cl)c1. The second-order valence-electron chi connectivity index (χ2n) is 5.31. The van der Waals surface area contributed by atoms with Gasteiger partial charge in [0.2, 0.25) is 0 Å². The molecule has 0 aliphatic heterocycles. The molecule has 0 saturated heterocycles. The highest BCUT2D eigenvalue weighted by Gasteiger charge is 2.27. The van der Waals surface area contributed by atoms with Crippen LogP contribution in [0.1, 0.15) is 44.7 Å². The first-order chi connectivity index (χ1) is 9.24. The lowest BCUT2D eigenvalue weighted by atomic mass is 10.0. The van der Waals surface area contributed by atoms with E-state index in [0.717, 1.165) is 24.0 Å². The van der Waals surface area contributed by atoms with Gasteiger partial charge in [-0.2, -0.15) is 0 Å². The van der Waals surface area contributed by atoms with Crippen LogP contribution in [0, 0.1) is 0 Å². The van der Waals surface area contributed by atoms with Crippen molar-refractivity contribution in [3.63, 3.8) is 0 Å². The van der Waals surface area contributed by atoms with Gasteiger partial charge >= 0.3 is 0 Å². The highest BCUT2D eigenvalue weighted by Crippen LogP contribution is 2.28. The van der Waals surface area contributed by atoms with Gasteiger partial charge in [0.1, 0.15) is 0 Å². The van der Waals surface area contributed by atoms with Crippen molar-refractivity contribution in [1.82, 2.24) is 10.2 Å². The Morgan fingerprint density at radius 2 is 2.16 bits per heavy atom. The van der Waals surface area contributed by atoms with E-state index in [1.54, 1.807) is 0 Å². The van der Waals surface area contributed by atoms with Crippen LogP contribution in [0.15, 0.2) is 24.3 Å². The van der Waals surface area contributed by atoms with Crippen LogP contribution >= 0.6 is 11.6 Å². The monoisotopic (exact) mass is 280 g/mol. The summed E-state index contributed by atoms with van der Waals surface area (Å²) in [7, 11) is 0. The number of nitrogens with zero attached hydrogens (tertiary/aromatic N) is 1. The van der Waals surface area contributed by atoms with Crippen molar-refractivity contribution in [3.8, 4) is 0 Å². The van der Waals surface area contributed by atoms with Gasteiger partial charge in [-0.15, -0.1) is 0 Å². The molecule has 3 heteroatoms. The maximum atomic E-state index is 6.10. The van der Waals surface area contributed by atoms with Crippen molar-refractivity contribution in [2.75, 3.05) is 19.6 Å². The summed E-state index contributed by atoms with van der Waals surface area (Å²) in [6.07, 6.45) is 3.92. The Balaban J connectivity index is 1.95. The van der Waals surface area contributed by atoms with Crippen molar-refractivity contribution in [2.24, 2.45) is 0 Å². The van der Waals surface area contributed by atoms with Gasteiger partial charge in [0.25, 0.3) is 0 Å². The summed E-state index contributed by atoms with van der Waals surface area (Å²) in [5, 5.41) is 4.41. The van der Waals surface area contributed by atoms with Gasteiger partial charge in [-0.25, -0.2) is 0 Å². The fourth-order valence-electron chi connectivity index (χ4n) is 2.69.